The van der Waals surface area contributed by atoms with Crippen LogP contribution in [-0.2, 0) is 4.74 Å². The van der Waals surface area contributed by atoms with Crippen molar-refractivity contribution < 1.29 is 9.53 Å². The second-order valence-corrected chi connectivity index (χ2v) is 3.42. The first-order valence-electron chi connectivity index (χ1n) is 4.93. The Morgan fingerprint density at radius 3 is 2.85 bits per heavy atom. The summed E-state index contributed by atoms with van der Waals surface area (Å²) in [5.74, 6) is 0. The molecule has 0 aromatic heterocycles. The van der Waals surface area contributed by atoms with Gasteiger partial charge in [0, 0.05) is 12.1 Å². The van der Waals surface area contributed by atoms with E-state index in [-0.39, 0.29) is 18.2 Å². The molecule has 0 saturated heterocycles. The van der Waals surface area contributed by atoms with Gasteiger partial charge in [-0.15, -0.1) is 0 Å². The van der Waals surface area contributed by atoms with E-state index in [1.807, 2.05) is 0 Å². The quantitative estimate of drug-likeness (QED) is 0.676. The van der Waals surface area contributed by atoms with Crippen LogP contribution in [0.2, 0.25) is 0 Å². The zero-order chi connectivity index (χ0) is 9.68. The number of carbonyl (C=O) groups is 1. The molecule has 0 aromatic carbocycles. The Hall–Kier alpha value is -0.770. The van der Waals surface area contributed by atoms with Gasteiger partial charge in [-0.05, 0) is 19.8 Å². The zero-order valence-corrected chi connectivity index (χ0v) is 8.08. The van der Waals surface area contributed by atoms with Gasteiger partial charge in [-0.1, -0.05) is 12.8 Å². The van der Waals surface area contributed by atoms with Crippen molar-refractivity contribution in [2.75, 3.05) is 6.61 Å². The number of carbonyl (C=O) groups excluding carboxylic acids is 1. The molecule has 1 saturated carbocycles. The van der Waals surface area contributed by atoms with Gasteiger partial charge in [-0.25, -0.2) is 4.79 Å². The maximum absolute atomic E-state index is 11.1. The molecule has 1 rings (SSSR count). The van der Waals surface area contributed by atoms with Crippen molar-refractivity contribution in [1.82, 2.24) is 5.32 Å². The Labute approximate surface area is 78.8 Å². The van der Waals surface area contributed by atoms with Crippen LogP contribution in [-0.4, -0.2) is 24.8 Å². The third-order valence-corrected chi connectivity index (χ3v) is 2.40. The van der Waals surface area contributed by atoms with Crippen molar-refractivity contribution in [1.29, 1.82) is 0 Å². The maximum atomic E-state index is 11.1. The minimum atomic E-state index is -0.343. The normalized spacial score (nSPS) is 28.2. The molecule has 13 heavy (non-hydrogen) atoms. The van der Waals surface area contributed by atoms with E-state index >= 15 is 0 Å². The molecule has 0 bridgehead atoms. The highest BCUT2D eigenvalue weighted by molar-refractivity contribution is 5.67. The van der Waals surface area contributed by atoms with Crippen LogP contribution >= 0.6 is 0 Å². The minimum absolute atomic E-state index is 0.0955. The third-order valence-electron chi connectivity index (χ3n) is 2.40. The highest BCUT2D eigenvalue weighted by Gasteiger charge is 2.23. The second kappa shape index (κ2) is 5.07. The van der Waals surface area contributed by atoms with Crippen molar-refractivity contribution in [2.45, 2.75) is 44.7 Å². The summed E-state index contributed by atoms with van der Waals surface area (Å²) in [6.07, 6.45) is 3.94. The first-order valence-corrected chi connectivity index (χ1v) is 4.93. The number of rotatable bonds is 2. The van der Waals surface area contributed by atoms with Crippen LogP contribution in [0.15, 0.2) is 0 Å². The van der Waals surface area contributed by atoms with E-state index in [1.54, 1.807) is 6.92 Å². The fourth-order valence-electron chi connectivity index (χ4n) is 1.66. The monoisotopic (exact) mass is 186 g/mol. The minimum Gasteiger partial charge on any atom is -0.450 e. The first kappa shape index (κ1) is 10.3. The lowest BCUT2D eigenvalue weighted by Gasteiger charge is -2.28. The summed E-state index contributed by atoms with van der Waals surface area (Å²) >= 11 is 0. The van der Waals surface area contributed by atoms with Gasteiger partial charge < -0.3 is 15.8 Å². The van der Waals surface area contributed by atoms with Gasteiger partial charge in [0.2, 0.25) is 0 Å². The van der Waals surface area contributed by atoms with E-state index in [2.05, 4.69) is 5.32 Å². The summed E-state index contributed by atoms with van der Waals surface area (Å²) in [7, 11) is 0. The lowest BCUT2D eigenvalue weighted by Crippen LogP contribution is -2.49. The third kappa shape index (κ3) is 3.22. The first-order chi connectivity index (χ1) is 6.24. The predicted molar refractivity (Wildman–Crippen MR) is 50.4 cm³/mol. The maximum Gasteiger partial charge on any atom is 0.407 e. The summed E-state index contributed by atoms with van der Waals surface area (Å²) < 4.78 is 4.79. The largest absolute Gasteiger partial charge is 0.450 e. The van der Waals surface area contributed by atoms with Gasteiger partial charge in [-0.3, -0.25) is 0 Å². The predicted octanol–water partition coefficient (Wildman–Crippen LogP) is 1.00. The summed E-state index contributed by atoms with van der Waals surface area (Å²) in [6.45, 7) is 2.20. The molecule has 0 radical (unpaired) electrons. The molecule has 4 nitrogen and oxygen atoms in total. The number of nitrogens with one attached hydrogen (secondary N) is 1. The Morgan fingerprint density at radius 2 is 2.23 bits per heavy atom. The Morgan fingerprint density at radius 1 is 1.54 bits per heavy atom. The molecule has 0 unspecified atom stereocenters. The van der Waals surface area contributed by atoms with Gasteiger partial charge in [0.05, 0.1) is 6.61 Å². The molecule has 1 amide bonds. The SMILES string of the molecule is CCOC(=O)N[C@@H]1CCCC[C@@H]1N. The second-order valence-electron chi connectivity index (χ2n) is 3.42. The van der Waals surface area contributed by atoms with Gasteiger partial charge in [-0.2, -0.15) is 0 Å². The summed E-state index contributed by atoms with van der Waals surface area (Å²) in [5, 5.41) is 2.78. The lowest BCUT2D eigenvalue weighted by atomic mass is 9.91. The van der Waals surface area contributed by atoms with Crippen molar-refractivity contribution in [3.8, 4) is 0 Å². The fraction of sp³-hybridized carbons (Fsp3) is 0.889. The Kier molecular flexibility index (Phi) is 4.02. The molecular weight excluding hydrogens is 168 g/mol. The summed E-state index contributed by atoms with van der Waals surface area (Å²) in [6, 6.07) is 0.200. The van der Waals surface area contributed by atoms with Crippen LogP contribution in [0.25, 0.3) is 0 Å². The molecular formula is C9H18N2O2. The number of alkyl carbamates (subject to hydrolysis) is 1. The van der Waals surface area contributed by atoms with E-state index in [0.717, 1.165) is 19.3 Å². The molecule has 1 aliphatic rings. The highest BCUT2D eigenvalue weighted by atomic mass is 16.5. The molecule has 76 valence electrons. The number of ether oxygens (including phenoxy) is 1. The average Bonchev–Trinajstić information content (AvgIpc) is 2.09. The van der Waals surface area contributed by atoms with Crippen LogP contribution in [0.1, 0.15) is 32.6 Å². The van der Waals surface area contributed by atoms with E-state index in [0.29, 0.717) is 6.61 Å². The number of nitrogens with two attached hydrogens (primary N) is 1. The topological polar surface area (TPSA) is 64.3 Å². The zero-order valence-electron chi connectivity index (χ0n) is 8.08. The number of hydrogen-bond donors (Lipinski definition) is 2. The van der Waals surface area contributed by atoms with Crippen molar-refractivity contribution in [3.05, 3.63) is 0 Å². The summed E-state index contributed by atoms with van der Waals surface area (Å²) in [5.41, 5.74) is 5.85. The van der Waals surface area contributed by atoms with Gasteiger partial charge in [0.1, 0.15) is 0 Å². The molecule has 3 N–H and O–H groups in total. The van der Waals surface area contributed by atoms with E-state index in [9.17, 15) is 4.79 Å². The standard InChI is InChI=1S/C9H18N2O2/c1-2-13-9(12)11-8-6-4-3-5-7(8)10/h7-8H,2-6,10H2,1H3,(H,11,12)/t7-,8+/m0/s1. The molecule has 4 heteroatoms. The summed E-state index contributed by atoms with van der Waals surface area (Å²) in [4.78, 5) is 11.1. The van der Waals surface area contributed by atoms with Crippen molar-refractivity contribution >= 4 is 6.09 Å². The fourth-order valence-corrected chi connectivity index (χ4v) is 1.66. The van der Waals surface area contributed by atoms with Crippen LogP contribution < -0.4 is 11.1 Å². The van der Waals surface area contributed by atoms with E-state index < -0.39 is 0 Å². The molecule has 0 spiro atoms. The van der Waals surface area contributed by atoms with Gasteiger partial charge >= 0.3 is 6.09 Å². The van der Waals surface area contributed by atoms with E-state index in [1.165, 1.54) is 6.42 Å². The molecule has 0 aliphatic heterocycles. The smallest absolute Gasteiger partial charge is 0.407 e. The van der Waals surface area contributed by atoms with Crippen molar-refractivity contribution in [3.63, 3.8) is 0 Å². The Bertz CT molecular complexity index is 173. The molecule has 2 atom stereocenters. The van der Waals surface area contributed by atoms with Gasteiger partial charge in [0.15, 0.2) is 0 Å². The Balaban J connectivity index is 2.29. The van der Waals surface area contributed by atoms with Crippen LogP contribution in [0.4, 0.5) is 4.79 Å². The molecule has 0 heterocycles. The van der Waals surface area contributed by atoms with Crippen LogP contribution in [0.5, 0.6) is 0 Å². The number of hydrogen-bond acceptors (Lipinski definition) is 3. The molecule has 1 fully saturated rings. The lowest BCUT2D eigenvalue weighted by molar-refractivity contribution is 0.143. The molecule has 1 aliphatic carbocycles. The van der Waals surface area contributed by atoms with E-state index in [4.69, 9.17) is 10.5 Å². The van der Waals surface area contributed by atoms with Gasteiger partial charge in [0.25, 0.3) is 0 Å². The highest BCUT2D eigenvalue weighted by Crippen LogP contribution is 2.16. The van der Waals surface area contributed by atoms with Crippen molar-refractivity contribution in [2.24, 2.45) is 5.73 Å². The average molecular weight is 186 g/mol. The number of amides is 1. The van der Waals surface area contributed by atoms with Crippen LogP contribution in [0.3, 0.4) is 0 Å². The molecule has 0 aromatic rings. The van der Waals surface area contributed by atoms with Crippen LogP contribution in [0, 0.1) is 0 Å².